The highest BCUT2D eigenvalue weighted by Gasteiger charge is 2.91. The number of ether oxygens (including phenoxy) is 1. The van der Waals surface area contributed by atoms with Crippen LogP contribution in [0.2, 0.25) is 0 Å². The Morgan fingerprint density at radius 1 is 0.900 bits per heavy atom. The van der Waals surface area contributed by atoms with Gasteiger partial charge in [-0.25, -0.2) is 4.57 Å². The highest BCUT2D eigenvalue weighted by molar-refractivity contribution is 6.20. The first-order valence-corrected chi connectivity index (χ1v) is 14.0. The van der Waals surface area contributed by atoms with Gasteiger partial charge in [-0.05, 0) is 69.7 Å². The lowest BCUT2D eigenvalue weighted by atomic mass is 9.81. The number of fused-ring (bicyclic) bond motifs is 13. The van der Waals surface area contributed by atoms with Gasteiger partial charge in [-0.15, -0.1) is 0 Å². The molecule has 3 atom stereocenters. The van der Waals surface area contributed by atoms with Gasteiger partial charge >= 0.3 is 0 Å². The van der Waals surface area contributed by atoms with Crippen LogP contribution >= 0.6 is 0 Å². The van der Waals surface area contributed by atoms with E-state index in [0.717, 1.165) is 33.2 Å². The number of aliphatic hydroxyl groups is 1. The van der Waals surface area contributed by atoms with Gasteiger partial charge in [0.25, 0.3) is 12.0 Å². The van der Waals surface area contributed by atoms with E-state index in [2.05, 4.69) is 118 Å². The van der Waals surface area contributed by atoms with Crippen LogP contribution in [0.1, 0.15) is 45.7 Å². The smallest absolute Gasteiger partial charge is 0.290 e. The Hall–Kier alpha value is -3.80. The Morgan fingerprint density at radius 3 is 2.30 bits per heavy atom. The predicted molar refractivity (Wildman–Crippen MR) is 161 cm³/mol. The lowest BCUT2D eigenvalue weighted by Gasteiger charge is -2.26. The van der Waals surface area contributed by atoms with Crippen LogP contribution in [-0.2, 0) is 28.2 Å². The van der Waals surface area contributed by atoms with Crippen molar-refractivity contribution in [1.82, 2.24) is 9.55 Å². The molecular formula is C35H34N3O2+. The van der Waals surface area contributed by atoms with Crippen molar-refractivity contribution in [3.63, 3.8) is 0 Å². The molecule has 5 nitrogen and oxygen atoms in total. The van der Waals surface area contributed by atoms with E-state index in [1.165, 1.54) is 32.6 Å². The molecule has 1 fully saturated rings. The molecule has 0 saturated heterocycles. The van der Waals surface area contributed by atoms with Crippen LogP contribution in [-0.4, -0.2) is 27.6 Å². The highest BCUT2D eigenvalue weighted by Crippen LogP contribution is 2.71. The van der Waals surface area contributed by atoms with E-state index in [1.807, 2.05) is 6.33 Å². The van der Waals surface area contributed by atoms with E-state index in [0.29, 0.717) is 0 Å². The molecule has 8 rings (SSSR count). The molecule has 0 bridgehead atoms. The fourth-order valence-electron chi connectivity index (χ4n) is 7.93. The molecule has 3 unspecified atom stereocenters. The Labute approximate surface area is 233 Å². The van der Waals surface area contributed by atoms with Gasteiger partial charge < -0.3 is 14.4 Å². The third-order valence-electron chi connectivity index (χ3n) is 10.5. The Balaban J connectivity index is 1.57. The summed E-state index contributed by atoms with van der Waals surface area (Å²) < 4.78 is 10.4. The molecule has 1 N–H and O–H groups in total. The highest BCUT2D eigenvalue weighted by atomic mass is 16.6. The van der Waals surface area contributed by atoms with Crippen molar-refractivity contribution >= 4 is 43.5 Å². The van der Waals surface area contributed by atoms with Crippen molar-refractivity contribution in [2.45, 2.75) is 56.8 Å². The predicted octanol–water partition coefficient (Wildman–Crippen LogP) is 6.62. The van der Waals surface area contributed by atoms with Crippen LogP contribution in [0.5, 0.6) is 0 Å². The van der Waals surface area contributed by atoms with Crippen LogP contribution in [0.25, 0.3) is 54.7 Å². The normalized spacial score (nSPS) is 25.4. The van der Waals surface area contributed by atoms with Crippen LogP contribution in [0.3, 0.4) is 0 Å². The molecule has 4 aromatic carbocycles. The second-order valence-electron chi connectivity index (χ2n) is 13.2. The summed E-state index contributed by atoms with van der Waals surface area (Å²) in [7, 11) is 3.73. The summed E-state index contributed by atoms with van der Waals surface area (Å²) in [6, 6.07) is 24.3. The van der Waals surface area contributed by atoms with Gasteiger partial charge in [0.1, 0.15) is 16.5 Å². The monoisotopic (exact) mass is 528 g/mol. The van der Waals surface area contributed by atoms with Crippen molar-refractivity contribution in [2.24, 2.45) is 7.05 Å². The fraction of sp³-hybridized carbons (Fsp3) is 0.314. The van der Waals surface area contributed by atoms with Crippen LogP contribution in [0.15, 0.2) is 73.1 Å². The molecule has 1 saturated carbocycles. The molecule has 0 radical (unpaired) electrons. The van der Waals surface area contributed by atoms with E-state index in [4.69, 9.17) is 9.72 Å². The number of aromatic nitrogens is 3. The number of nitrogens with zero attached hydrogens (tertiary/aromatic N) is 3. The molecule has 3 heterocycles. The zero-order valence-corrected chi connectivity index (χ0v) is 24.1. The van der Waals surface area contributed by atoms with E-state index >= 15 is 0 Å². The van der Waals surface area contributed by atoms with Gasteiger partial charge in [0, 0.05) is 30.5 Å². The first-order chi connectivity index (χ1) is 19.0. The average Bonchev–Trinajstić information content (AvgIpc) is 3.18. The lowest BCUT2D eigenvalue weighted by molar-refractivity contribution is -0.743. The fourth-order valence-corrected chi connectivity index (χ4v) is 7.93. The van der Waals surface area contributed by atoms with Crippen molar-refractivity contribution in [3.8, 4) is 11.3 Å². The van der Waals surface area contributed by atoms with Gasteiger partial charge in [-0.1, -0.05) is 69.3 Å². The average molecular weight is 529 g/mol. The summed E-state index contributed by atoms with van der Waals surface area (Å²) in [6.45, 7) is 11.0. The van der Waals surface area contributed by atoms with E-state index in [9.17, 15) is 5.11 Å². The Morgan fingerprint density at radius 2 is 1.60 bits per heavy atom. The van der Waals surface area contributed by atoms with Crippen LogP contribution < -0.4 is 4.57 Å². The van der Waals surface area contributed by atoms with Gasteiger partial charge in [0.2, 0.25) is 5.79 Å². The first kappa shape index (κ1) is 24.0. The van der Waals surface area contributed by atoms with Crippen LogP contribution in [0.4, 0.5) is 0 Å². The van der Waals surface area contributed by atoms with Crippen LogP contribution in [0, 0.1) is 0 Å². The standard InChI is InChI=1S/C35H34N3O2/c1-32(2,3)23-14-12-20-13-15-24-28-30-26-16-21-10-8-9-11-22(21)17-27(26)33(4)34(5,35(33,39)40-7)38(30)19-36-31(28)37(6)29(24)25(20)18-23/h8-19,39H,1-7H3/q+1. The molecular weight excluding hydrogens is 494 g/mol. The largest absolute Gasteiger partial charge is 0.361 e. The number of hydrogen-bond acceptors (Lipinski definition) is 3. The summed E-state index contributed by atoms with van der Waals surface area (Å²) >= 11 is 0. The summed E-state index contributed by atoms with van der Waals surface area (Å²) in [5, 5.41) is 19.1. The first-order valence-electron chi connectivity index (χ1n) is 14.0. The minimum Gasteiger partial charge on any atom is -0.361 e. The molecule has 2 aromatic heterocycles. The van der Waals surface area contributed by atoms with E-state index in [1.54, 1.807) is 7.11 Å². The second-order valence-corrected chi connectivity index (χ2v) is 13.2. The lowest BCUT2D eigenvalue weighted by Crippen LogP contribution is -2.55. The third kappa shape index (κ3) is 2.44. The van der Waals surface area contributed by atoms with Crippen molar-refractivity contribution < 1.29 is 14.4 Å². The zero-order chi connectivity index (χ0) is 28.0. The molecule has 2 aliphatic rings. The summed E-state index contributed by atoms with van der Waals surface area (Å²) in [4.78, 5) is 5.06. The second kappa shape index (κ2) is 7.09. The van der Waals surface area contributed by atoms with E-state index < -0.39 is 16.7 Å². The minimum absolute atomic E-state index is 0.0455. The molecule has 5 heteroatoms. The van der Waals surface area contributed by atoms with Crippen molar-refractivity contribution in [1.29, 1.82) is 0 Å². The molecule has 200 valence electrons. The Kier molecular flexibility index (Phi) is 4.26. The number of aryl methyl sites for hydroxylation is 1. The summed E-state index contributed by atoms with van der Waals surface area (Å²) in [5.74, 6) is -1.37. The number of rotatable bonds is 1. The molecule has 6 aromatic rings. The van der Waals surface area contributed by atoms with E-state index in [-0.39, 0.29) is 5.41 Å². The van der Waals surface area contributed by atoms with Gasteiger partial charge in [-0.3, -0.25) is 0 Å². The minimum atomic E-state index is -1.37. The van der Waals surface area contributed by atoms with Gasteiger partial charge in [0.05, 0.1) is 5.52 Å². The number of benzene rings is 4. The quantitative estimate of drug-likeness (QED) is 0.193. The zero-order valence-electron chi connectivity index (χ0n) is 24.1. The molecule has 1 aliphatic heterocycles. The van der Waals surface area contributed by atoms with Crippen molar-refractivity contribution in [3.05, 3.63) is 84.2 Å². The topological polar surface area (TPSA) is 51.2 Å². The molecule has 40 heavy (non-hydrogen) atoms. The number of hydrogen-bond donors (Lipinski definition) is 1. The Bertz CT molecular complexity index is 2100. The summed E-state index contributed by atoms with van der Waals surface area (Å²) in [5.41, 5.74) is 5.42. The maximum absolute atomic E-state index is 12.0. The van der Waals surface area contributed by atoms with Crippen molar-refractivity contribution in [2.75, 3.05) is 7.11 Å². The maximum Gasteiger partial charge on any atom is 0.290 e. The third-order valence-corrected chi connectivity index (χ3v) is 10.5. The SMILES string of the molecule is COC1(O)C2(C)c3cc4ccccc4cc3-c3c4c5ccc6ccc(C(C)(C)C)cc6c5n(C)c4nc[n+]3C12C. The molecule has 1 aliphatic carbocycles. The van der Waals surface area contributed by atoms with Gasteiger partial charge in [-0.2, -0.15) is 0 Å². The molecule has 0 spiro atoms. The number of methoxy groups -OCH3 is 1. The molecule has 0 amide bonds. The van der Waals surface area contributed by atoms with Gasteiger partial charge in [0.15, 0.2) is 5.54 Å². The summed E-state index contributed by atoms with van der Waals surface area (Å²) in [6.07, 6.45) is 1.91. The maximum atomic E-state index is 12.0.